The molecule has 7 nitrogen and oxygen atoms in total. The highest BCUT2D eigenvalue weighted by Gasteiger charge is 2.08. The minimum Gasteiger partial charge on any atom is -0.494 e. The van der Waals surface area contributed by atoms with Crippen molar-refractivity contribution in [2.75, 3.05) is 13.7 Å². The first-order chi connectivity index (χ1) is 14.6. The van der Waals surface area contributed by atoms with Gasteiger partial charge in [-0.25, -0.2) is 10.2 Å². The molecule has 0 fully saturated rings. The van der Waals surface area contributed by atoms with Crippen LogP contribution in [0.25, 0.3) is 11.3 Å². The molecule has 154 valence electrons. The number of rotatable bonds is 8. The van der Waals surface area contributed by atoms with Crippen LogP contribution >= 0.6 is 0 Å². The maximum atomic E-state index is 12.2. The number of carbonyl (C=O) groups is 2. The van der Waals surface area contributed by atoms with Crippen molar-refractivity contribution < 1.29 is 23.5 Å². The number of nitrogens with zero attached hydrogens (tertiary/aromatic N) is 1. The Morgan fingerprint density at radius 3 is 2.37 bits per heavy atom. The van der Waals surface area contributed by atoms with Gasteiger partial charge < -0.3 is 13.9 Å². The van der Waals surface area contributed by atoms with Crippen LogP contribution in [0, 0.1) is 0 Å². The summed E-state index contributed by atoms with van der Waals surface area (Å²) in [6, 6.07) is 17.2. The lowest BCUT2D eigenvalue weighted by Crippen LogP contribution is -2.17. The fourth-order valence-corrected chi connectivity index (χ4v) is 2.61. The van der Waals surface area contributed by atoms with E-state index in [1.165, 1.54) is 13.3 Å². The Bertz CT molecular complexity index is 1020. The number of ether oxygens (including phenoxy) is 2. The number of hydrogen-bond acceptors (Lipinski definition) is 6. The molecule has 0 saturated heterocycles. The van der Waals surface area contributed by atoms with Crippen molar-refractivity contribution in [1.82, 2.24) is 5.43 Å². The van der Waals surface area contributed by atoms with Gasteiger partial charge in [0.05, 0.1) is 25.5 Å². The summed E-state index contributed by atoms with van der Waals surface area (Å²) in [6.07, 6.45) is 2.34. The summed E-state index contributed by atoms with van der Waals surface area (Å²) < 4.78 is 15.9. The number of hydrogen-bond donors (Lipinski definition) is 1. The number of nitrogens with one attached hydrogen (secondary N) is 1. The summed E-state index contributed by atoms with van der Waals surface area (Å²) in [4.78, 5) is 23.7. The number of furan rings is 1. The van der Waals surface area contributed by atoms with Crippen molar-refractivity contribution in [1.29, 1.82) is 0 Å². The van der Waals surface area contributed by atoms with Crippen LogP contribution in [-0.2, 0) is 4.74 Å². The van der Waals surface area contributed by atoms with Crippen molar-refractivity contribution in [3.8, 4) is 17.1 Å². The van der Waals surface area contributed by atoms with E-state index >= 15 is 0 Å². The minimum atomic E-state index is -0.396. The minimum absolute atomic E-state index is 0.335. The summed E-state index contributed by atoms with van der Waals surface area (Å²) in [6.45, 7) is 2.67. The molecule has 3 aromatic rings. The molecule has 2 aromatic carbocycles. The zero-order valence-electron chi connectivity index (χ0n) is 16.8. The van der Waals surface area contributed by atoms with Crippen molar-refractivity contribution in [2.24, 2.45) is 5.10 Å². The first kappa shape index (κ1) is 20.9. The van der Waals surface area contributed by atoms with E-state index in [9.17, 15) is 9.59 Å². The van der Waals surface area contributed by atoms with E-state index in [0.29, 0.717) is 29.3 Å². The van der Waals surface area contributed by atoms with Gasteiger partial charge >= 0.3 is 5.97 Å². The van der Waals surface area contributed by atoms with E-state index in [-0.39, 0.29) is 5.91 Å². The number of amides is 1. The smallest absolute Gasteiger partial charge is 0.337 e. The van der Waals surface area contributed by atoms with Gasteiger partial charge in [0.2, 0.25) is 0 Å². The Kier molecular flexibility index (Phi) is 7.00. The van der Waals surface area contributed by atoms with Gasteiger partial charge in [-0.3, -0.25) is 4.79 Å². The van der Waals surface area contributed by atoms with Gasteiger partial charge in [0.25, 0.3) is 5.91 Å². The first-order valence-electron chi connectivity index (χ1n) is 9.45. The molecule has 7 heteroatoms. The Balaban J connectivity index is 1.57. The van der Waals surface area contributed by atoms with Crippen LogP contribution in [0.5, 0.6) is 5.75 Å². The number of carbonyl (C=O) groups excluding carboxylic acids is 2. The summed E-state index contributed by atoms with van der Waals surface area (Å²) >= 11 is 0. The highest BCUT2D eigenvalue weighted by atomic mass is 16.5. The molecule has 3 rings (SSSR count). The molecule has 1 aromatic heterocycles. The fraction of sp³-hybridized carbons (Fsp3) is 0.174. The van der Waals surface area contributed by atoms with Crippen molar-refractivity contribution >= 4 is 18.1 Å². The third-order valence-corrected chi connectivity index (χ3v) is 4.16. The van der Waals surface area contributed by atoms with E-state index in [2.05, 4.69) is 15.3 Å². The molecule has 0 unspecified atom stereocenters. The Hall–Kier alpha value is -3.87. The van der Waals surface area contributed by atoms with Crippen molar-refractivity contribution in [3.63, 3.8) is 0 Å². The summed E-state index contributed by atoms with van der Waals surface area (Å²) in [5, 5.41) is 3.93. The number of hydrazone groups is 1. The standard InChI is InChI=1S/C23H22N2O5/c1-3-14-29-19-10-8-17(9-11-19)22(26)25-24-15-20-12-13-21(30-20)16-4-6-18(7-5-16)23(27)28-2/h4-13,15H,3,14H2,1-2H3,(H,25,26)/b24-15-. The predicted molar refractivity (Wildman–Crippen MR) is 113 cm³/mol. The molecule has 0 saturated carbocycles. The zero-order chi connectivity index (χ0) is 21.3. The van der Waals surface area contributed by atoms with Crippen LogP contribution in [0.4, 0.5) is 0 Å². The Labute approximate surface area is 174 Å². The lowest BCUT2D eigenvalue weighted by molar-refractivity contribution is 0.0600. The van der Waals surface area contributed by atoms with Crippen LogP contribution in [-0.4, -0.2) is 31.8 Å². The maximum absolute atomic E-state index is 12.2. The molecule has 1 heterocycles. The van der Waals surface area contributed by atoms with E-state index in [1.54, 1.807) is 60.7 Å². The summed E-state index contributed by atoms with van der Waals surface area (Å²) in [7, 11) is 1.34. The van der Waals surface area contributed by atoms with E-state index < -0.39 is 5.97 Å². The normalized spacial score (nSPS) is 10.7. The SMILES string of the molecule is CCCOc1ccc(C(=O)N/N=C\c2ccc(-c3ccc(C(=O)OC)cc3)o2)cc1. The summed E-state index contributed by atoms with van der Waals surface area (Å²) in [5.74, 6) is 1.08. The number of benzene rings is 2. The van der Waals surface area contributed by atoms with Crippen LogP contribution in [0.1, 0.15) is 39.8 Å². The molecule has 0 spiro atoms. The van der Waals surface area contributed by atoms with Gasteiger partial charge in [0.1, 0.15) is 17.3 Å². The Morgan fingerprint density at radius 1 is 1.00 bits per heavy atom. The lowest BCUT2D eigenvalue weighted by Gasteiger charge is -2.05. The van der Waals surface area contributed by atoms with Gasteiger partial charge in [-0.1, -0.05) is 19.1 Å². The predicted octanol–water partition coefficient (Wildman–Crippen LogP) is 4.29. The molecule has 1 amide bonds. The molecule has 30 heavy (non-hydrogen) atoms. The Morgan fingerprint density at radius 2 is 1.70 bits per heavy atom. The van der Waals surface area contributed by atoms with Gasteiger partial charge in [0, 0.05) is 11.1 Å². The monoisotopic (exact) mass is 406 g/mol. The maximum Gasteiger partial charge on any atom is 0.337 e. The number of esters is 1. The van der Waals surface area contributed by atoms with E-state index in [1.807, 2.05) is 6.92 Å². The first-order valence-corrected chi connectivity index (χ1v) is 9.45. The van der Waals surface area contributed by atoms with Gasteiger partial charge in [-0.15, -0.1) is 0 Å². The second kappa shape index (κ2) is 10.1. The van der Waals surface area contributed by atoms with Crippen LogP contribution in [0.2, 0.25) is 0 Å². The number of methoxy groups -OCH3 is 1. The zero-order valence-corrected chi connectivity index (χ0v) is 16.8. The highest BCUT2D eigenvalue weighted by molar-refractivity contribution is 5.94. The molecule has 0 atom stereocenters. The third kappa shape index (κ3) is 5.35. The third-order valence-electron chi connectivity index (χ3n) is 4.16. The van der Waals surface area contributed by atoms with Crippen LogP contribution in [0.3, 0.4) is 0 Å². The molecular weight excluding hydrogens is 384 g/mol. The van der Waals surface area contributed by atoms with Crippen LogP contribution in [0.15, 0.2) is 70.2 Å². The van der Waals surface area contributed by atoms with E-state index in [0.717, 1.165) is 17.7 Å². The largest absolute Gasteiger partial charge is 0.494 e. The van der Waals surface area contributed by atoms with Crippen molar-refractivity contribution in [3.05, 3.63) is 77.6 Å². The molecule has 0 aliphatic heterocycles. The molecular formula is C23H22N2O5. The van der Waals surface area contributed by atoms with Crippen LogP contribution < -0.4 is 10.2 Å². The van der Waals surface area contributed by atoms with Crippen molar-refractivity contribution in [2.45, 2.75) is 13.3 Å². The molecule has 0 bridgehead atoms. The second-order valence-electron chi connectivity index (χ2n) is 6.34. The quantitative estimate of drug-likeness (QED) is 0.342. The fourth-order valence-electron chi connectivity index (χ4n) is 2.61. The molecule has 0 aliphatic carbocycles. The molecule has 0 aliphatic rings. The summed E-state index contributed by atoms with van der Waals surface area (Å²) in [5.41, 5.74) is 4.20. The van der Waals surface area contributed by atoms with Gasteiger partial charge in [-0.2, -0.15) is 5.10 Å². The van der Waals surface area contributed by atoms with Gasteiger partial charge in [0.15, 0.2) is 0 Å². The average Bonchev–Trinajstić information content (AvgIpc) is 3.26. The van der Waals surface area contributed by atoms with Gasteiger partial charge in [-0.05, 0) is 55.0 Å². The lowest BCUT2D eigenvalue weighted by atomic mass is 10.1. The molecule has 1 N–H and O–H groups in total. The average molecular weight is 406 g/mol. The highest BCUT2D eigenvalue weighted by Crippen LogP contribution is 2.22. The second-order valence-corrected chi connectivity index (χ2v) is 6.34. The molecule has 0 radical (unpaired) electrons. The topological polar surface area (TPSA) is 90.1 Å². The van der Waals surface area contributed by atoms with E-state index in [4.69, 9.17) is 9.15 Å².